The highest BCUT2D eigenvalue weighted by molar-refractivity contribution is 5.66. The number of unbranched alkanes of at least 4 members (excludes halogenated alkanes) is 32. The molecule has 0 saturated carbocycles. The fourth-order valence-corrected chi connectivity index (χ4v) is 6.91. The van der Waals surface area contributed by atoms with Gasteiger partial charge in [0.2, 0.25) is 0 Å². The smallest absolute Gasteiger partial charge is 0.303 e. The molecule has 1 unspecified atom stereocenters. The molecule has 0 saturated heterocycles. The summed E-state index contributed by atoms with van der Waals surface area (Å²) in [6.07, 6.45) is 50.4. The molecule has 1 N–H and O–H groups in total. The molecule has 0 aliphatic carbocycles. The molecule has 1 atom stereocenters. The molecule has 0 radical (unpaired) electrons. The Kier molecular flexibility index (Phi) is 37.2. The van der Waals surface area contributed by atoms with E-state index in [4.69, 9.17) is 0 Å². The van der Waals surface area contributed by atoms with Gasteiger partial charge in [-0.25, -0.2) is 0 Å². The van der Waals surface area contributed by atoms with Crippen molar-refractivity contribution in [3.63, 3.8) is 0 Å². The van der Waals surface area contributed by atoms with E-state index in [2.05, 4.69) is 13.8 Å². The second kappa shape index (κ2) is 37.7. The SMILES string of the molecule is CCCCCCCCCCCCCCCCCCCCC(CCCCCCCCCCCCCCCCCC)CC(=O)O. The summed E-state index contributed by atoms with van der Waals surface area (Å²) in [4.78, 5) is 11.4. The van der Waals surface area contributed by atoms with Crippen molar-refractivity contribution in [2.24, 2.45) is 5.92 Å². The third-order valence-corrected chi connectivity index (χ3v) is 9.90. The van der Waals surface area contributed by atoms with Crippen molar-refractivity contribution >= 4 is 5.97 Å². The van der Waals surface area contributed by atoms with Gasteiger partial charge in [-0.15, -0.1) is 0 Å². The van der Waals surface area contributed by atoms with E-state index in [-0.39, 0.29) is 0 Å². The summed E-state index contributed by atoms with van der Waals surface area (Å²) in [5.74, 6) is -0.186. The number of carboxylic acid groups (broad SMARTS) is 1. The van der Waals surface area contributed by atoms with Gasteiger partial charge in [0.05, 0.1) is 0 Å². The Balaban J connectivity index is 3.45. The van der Waals surface area contributed by atoms with Crippen molar-refractivity contribution in [3.8, 4) is 0 Å². The van der Waals surface area contributed by atoms with Crippen LogP contribution < -0.4 is 0 Å². The first-order valence-corrected chi connectivity index (χ1v) is 20.4. The minimum Gasteiger partial charge on any atom is -0.481 e. The molecule has 0 heterocycles. The minimum atomic E-state index is -0.594. The van der Waals surface area contributed by atoms with Gasteiger partial charge in [-0.2, -0.15) is 0 Å². The first kappa shape index (κ1) is 42.5. The lowest BCUT2D eigenvalue weighted by atomic mass is 9.91. The van der Waals surface area contributed by atoms with Crippen LogP contribution in [0.5, 0.6) is 0 Å². The lowest BCUT2D eigenvalue weighted by Crippen LogP contribution is -2.08. The summed E-state index contributed by atoms with van der Waals surface area (Å²) in [6, 6.07) is 0. The number of aliphatic carboxylic acids is 1. The van der Waals surface area contributed by atoms with Crippen LogP contribution in [-0.4, -0.2) is 11.1 Å². The van der Waals surface area contributed by atoms with Crippen molar-refractivity contribution in [3.05, 3.63) is 0 Å². The molecule has 2 heteroatoms. The number of carboxylic acids is 1. The van der Waals surface area contributed by atoms with Crippen molar-refractivity contribution in [1.82, 2.24) is 0 Å². The van der Waals surface area contributed by atoms with Crippen LogP contribution in [0.4, 0.5) is 0 Å². The topological polar surface area (TPSA) is 37.3 Å². The maximum Gasteiger partial charge on any atom is 0.303 e. The van der Waals surface area contributed by atoms with Gasteiger partial charge in [0.15, 0.2) is 0 Å². The molecule has 0 aliphatic rings. The third-order valence-electron chi connectivity index (χ3n) is 9.90. The molecule has 0 aliphatic heterocycles. The average molecular weight is 607 g/mol. The molecule has 0 bridgehead atoms. The van der Waals surface area contributed by atoms with E-state index in [9.17, 15) is 9.90 Å². The molecule has 0 aromatic heterocycles. The Hall–Kier alpha value is -0.530. The van der Waals surface area contributed by atoms with Gasteiger partial charge < -0.3 is 5.11 Å². The predicted octanol–water partition coefficient (Wildman–Crippen LogP) is 15.2. The highest BCUT2D eigenvalue weighted by Gasteiger charge is 2.12. The molecule has 0 spiro atoms. The van der Waals surface area contributed by atoms with Gasteiger partial charge in [0, 0.05) is 6.42 Å². The summed E-state index contributed by atoms with van der Waals surface area (Å²) in [6.45, 7) is 4.59. The Morgan fingerprint density at radius 3 is 0.721 bits per heavy atom. The molecule has 0 amide bonds. The Labute approximate surface area is 272 Å². The molecule has 0 rings (SSSR count). The molecular formula is C41H82O2. The molecule has 258 valence electrons. The second-order valence-electron chi connectivity index (χ2n) is 14.4. The van der Waals surface area contributed by atoms with Crippen LogP contribution in [0, 0.1) is 5.92 Å². The summed E-state index contributed by atoms with van der Waals surface area (Å²) in [5.41, 5.74) is 0. The minimum absolute atomic E-state index is 0.387. The zero-order valence-electron chi connectivity index (χ0n) is 30.1. The highest BCUT2D eigenvalue weighted by Crippen LogP contribution is 2.23. The first-order chi connectivity index (χ1) is 21.2. The summed E-state index contributed by atoms with van der Waals surface area (Å²) in [7, 11) is 0. The van der Waals surface area contributed by atoms with Gasteiger partial charge in [-0.3, -0.25) is 4.79 Å². The van der Waals surface area contributed by atoms with Crippen molar-refractivity contribution in [2.75, 3.05) is 0 Å². The number of hydrogen-bond acceptors (Lipinski definition) is 1. The Morgan fingerprint density at radius 2 is 0.535 bits per heavy atom. The summed E-state index contributed by atoms with van der Waals surface area (Å²) >= 11 is 0. The first-order valence-electron chi connectivity index (χ1n) is 20.4. The van der Waals surface area contributed by atoms with Crippen molar-refractivity contribution < 1.29 is 9.90 Å². The molecule has 0 fully saturated rings. The number of rotatable bonds is 38. The zero-order chi connectivity index (χ0) is 31.3. The molecule has 0 aromatic rings. The average Bonchev–Trinajstić information content (AvgIpc) is 2.99. The van der Waals surface area contributed by atoms with Crippen LogP contribution in [0.15, 0.2) is 0 Å². The second-order valence-corrected chi connectivity index (χ2v) is 14.4. The van der Waals surface area contributed by atoms with E-state index in [0.29, 0.717) is 12.3 Å². The van der Waals surface area contributed by atoms with Gasteiger partial charge in [0.1, 0.15) is 0 Å². The van der Waals surface area contributed by atoms with Gasteiger partial charge in [-0.1, -0.05) is 232 Å². The zero-order valence-corrected chi connectivity index (χ0v) is 30.1. The van der Waals surface area contributed by atoms with E-state index in [1.807, 2.05) is 0 Å². The van der Waals surface area contributed by atoms with Crippen LogP contribution >= 0.6 is 0 Å². The number of hydrogen-bond donors (Lipinski definition) is 1. The molecule has 0 aromatic carbocycles. The van der Waals surface area contributed by atoms with Gasteiger partial charge >= 0.3 is 5.97 Å². The van der Waals surface area contributed by atoms with Crippen LogP contribution in [0.25, 0.3) is 0 Å². The monoisotopic (exact) mass is 607 g/mol. The fraction of sp³-hybridized carbons (Fsp3) is 0.976. The maximum absolute atomic E-state index is 11.4. The molecular weight excluding hydrogens is 524 g/mol. The van der Waals surface area contributed by atoms with Crippen LogP contribution in [0.1, 0.15) is 251 Å². The van der Waals surface area contributed by atoms with Crippen LogP contribution in [0.3, 0.4) is 0 Å². The van der Waals surface area contributed by atoms with Crippen LogP contribution in [0.2, 0.25) is 0 Å². The quantitative estimate of drug-likeness (QED) is 0.0710. The van der Waals surface area contributed by atoms with E-state index >= 15 is 0 Å². The van der Waals surface area contributed by atoms with Crippen molar-refractivity contribution in [1.29, 1.82) is 0 Å². The molecule has 2 nitrogen and oxygen atoms in total. The molecule has 43 heavy (non-hydrogen) atoms. The largest absolute Gasteiger partial charge is 0.481 e. The summed E-state index contributed by atoms with van der Waals surface area (Å²) < 4.78 is 0. The highest BCUT2D eigenvalue weighted by atomic mass is 16.4. The van der Waals surface area contributed by atoms with E-state index in [1.165, 1.54) is 218 Å². The Bertz CT molecular complexity index is 516. The van der Waals surface area contributed by atoms with E-state index in [1.54, 1.807) is 0 Å². The van der Waals surface area contributed by atoms with E-state index < -0.39 is 5.97 Å². The lowest BCUT2D eigenvalue weighted by molar-refractivity contribution is -0.138. The van der Waals surface area contributed by atoms with Crippen LogP contribution in [-0.2, 0) is 4.79 Å². The number of carbonyl (C=O) groups is 1. The maximum atomic E-state index is 11.4. The van der Waals surface area contributed by atoms with E-state index in [0.717, 1.165) is 12.8 Å². The predicted molar refractivity (Wildman–Crippen MR) is 193 cm³/mol. The Morgan fingerprint density at radius 1 is 0.349 bits per heavy atom. The normalized spacial score (nSPS) is 12.2. The standard InChI is InChI=1S/C41H82O2/c1-3-5-7-9-11-13-15-17-19-21-22-24-26-28-30-32-34-36-38-40(39-41(42)43)37-35-33-31-29-27-25-23-20-18-16-14-12-10-8-6-4-2/h40H,3-39H2,1-2H3,(H,42,43). The van der Waals surface area contributed by atoms with Gasteiger partial charge in [-0.05, 0) is 18.8 Å². The van der Waals surface area contributed by atoms with Crippen molar-refractivity contribution in [2.45, 2.75) is 251 Å². The summed E-state index contributed by atoms with van der Waals surface area (Å²) in [5, 5.41) is 9.37. The fourth-order valence-electron chi connectivity index (χ4n) is 6.91. The van der Waals surface area contributed by atoms with Gasteiger partial charge in [0.25, 0.3) is 0 Å². The third kappa shape index (κ3) is 37.6. The lowest BCUT2D eigenvalue weighted by Gasteiger charge is -2.14.